The minimum absolute atomic E-state index is 0.147. The first-order chi connectivity index (χ1) is 16.7. The number of ketones is 3. The van der Waals surface area contributed by atoms with Gasteiger partial charge in [0.05, 0.1) is 5.57 Å². The molecule has 0 aromatic carbocycles. The summed E-state index contributed by atoms with van der Waals surface area (Å²) in [5.74, 6) is -5.77. The molecule has 0 aromatic rings. The Morgan fingerprint density at radius 2 is 1.56 bits per heavy atom. The van der Waals surface area contributed by atoms with Crippen LogP contribution in [0.1, 0.15) is 48.0 Å². The number of carbonyl (C=O) groups excluding carboxylic acids is 4. The van der Waals surface area contributed by atoms with E-state index in [-0.39, 0.29) is 17.6 Å². The van der Waals surface area contributed by atoms with E-state index in [9.17, 15) is 34.5 Å². The van der Waals surface area contributed by atoms with Gasteiger partial charge in [-0.25, -0.2) is 4.79 Å². The third kappa shape index (κ3) is 3.24. The van der Waals surface area contributed by atoms with E-state index >= 15 is 0 Å². The highest BCUT2D eigenvalue weighted by molar-refractivity contribution is 6.25. The molecular formula is C28H32O8. The average molecular weight is 497 g/mol. The normalized spacial score (nSPS) is 38.4. The number of hydrogen-bond donors (Lipinski definition) is 3. The Bertz CT molecular complexity index is 1220. The van der Waals surface area contributed by atoms with Crippen LogP contribution in [0.2, 0.25) is 0 Å². The van der Waals surface area contributed by atoms with E-state index < -0.39 is 62.8 Å². The van der Waals surface area contributed by atoms with Crippen LogP contribution < -0.4 is 0 Å². The zero-order chi connectivity index (χ0) is 27.3. The standard InChI is InChI=1S/C28H32O8/c1-7-9-11-13-18(29)20-17-15-28(19(30)14-12-10-8-2,27(6)21(31)16(3)23(33)36-27)25(4,22(20)32)24(34)26(17,5)35/h7-14,17,29,31,35H,15H2,1-6H3/b9-7+,10-8+,13-11+,14-12+,20-18-/t17-,25+,26+,27+,28-/m0/s1. The fourth-order valence-electron chi connectivity index (χ4n) is 6.02. The van der Waals surface area contributed by atoms with Crippen molar-refractivity contribution in [2.45, 2.75) is 59.2 Å². The van der Waals surface area contributed by atoms with Crippen LogP contribution in [0, 0.1) is 16.7 Å². The van der Waals surface area contributed by atoms with Crippen LogP contribution in [0.4, 0.5) is 0 Å². The number of Topliss-reactive ketones (excluding diaryl/α,β-unsaturated/α-hetero) is 2. The summed E-state index contributed by atoms with van der Waals surface area (Å²) in [5, 5.41) is 33.2. The number of carbonyl (C=O) groups is 4. The summed E-state index contributed by atoms with van der Waals surface area (Å²) in [7, 11) is 0. The number of rotatable bonds is 6. The van der Waals surface area contributed by atoms with Gasteiger partial charge in [0.1, 0.15) is 27.9 Å². The first kappa shape index (κ1) is 27.1. The lowest BCUT2D eigenvalue weighted by molar-refractivity contribution is -0.215. The van der Waals surface area contributed by atoms with Crippen LogP contribution in [-0.4, -0.2) is 49.8 Å². The summed E-state index contributed by atoms with van der Waals surface area (Å²) in [6, 6.07) is 0. The van der Waals surface area contributed by atoms with Gasteiger partial charge in [0, 0.05) is 11.5 Å². The molecule has 0 spiro atoms. The summed E-state index contributed by atoms with van der Waals surface area (Å²) in [6.07, 6.45) is 11.6. The molecule has 3 fully saturated rings. The topological polar surface area (TPSA) is 138 Å². The first-order valence-electron chi connectivity index (χ1n) is 11.7. The lowest BCUT2D eigenvalue weighted by Crippen LogP contribution is -2.78. The summed E-state index contributed by atoms with van der Waals surface area (Å²) in [4.78, 5) is 54.4. The van der Waals surface area contributed by atoms with Crippen LogP contribution >= 0.6 is 0 Å². The second-order valence-corrected chi connectivity index (χ2v) is 9.92. The Kier molecular flexibility index (Phi) is 6.66. The summed E-state index contributed by atoms with van der Waals surface area (Å²) in [5.41, 5.74) is -8.95. The Morgan fingerprint density at radius 3 is 2.06 bits per heavy atom. The van der Waals surface area contributed by atoms with Crippen molar-refractivity contribution < 1.29 is 39.2 Å². The molecule has 1 aliphatic heterocycles. The second kappa shape index (κ2) is 8.85. The monoisotopic (exact) mass is 496 g/mol. The molecule has 3 aliphatic carbocycles. The molecule has 0 saturated heterocycles. The van der Waals surface area contributed by atoms with Crippen LogP contribution in [0.25, 0.3) is 0 Å². The molecule has 192 valence electrons. The predicted octanol–water partition coefficient (Wildman–Crippen LogP) is 3.70. The van der Waals surface area contributed by atoms with E-state index in [2.05, 4.69) is 0 Å². The van der Waals surface area contributed by atoms with E-state index in [1.165, 1.54) is 45.9 Å². The number of fused-ring (bicyclic) bond motifs is 3. The number of aliphatic hydroxyl groups excluding tert-OH is 2. The molecule has 1 heterocycles. The molecule has 8 heteroatoms. The van der Waals surface area contributed by atoms with Crippen molar-refractivity contribution in [2.24, 2.45) is 16.7 Å². The fourth-order valence-corrected chi connectivity index (χ4v) is 6.02. The molecule has 36 heavy (non-hydrogen) atoms. The van der Waals surface area contributed by atoms with E-state index in [0.29, 0.717) is 0 Å². The SMILES string of the molecule is C/C=C/C=C/C(=O)[C@@]1([C@]2(C)OC(=O)C(C)=C2O)C[C@H]2\C(=C(O)/C=C/C=C/C)C(=O)[C@]1(C)C(=O)[C@]2(C)O. The van der Waals surface area contributed by atoms with Crippen molar-refractivity contribution in [3.63, 3.8) is 0 Å². The van der Waals surface area contributed by atoms with Gasteiger partial charge in [-0.15, -0.1) is 0 Å². The maximum absolute atomic E-state index is 14.1. The summed E-state index contributed by atoms with van der Waals surface area (Å²) >= 11 is 0. The number of esters is 1. The first-order valence-corrected chi connectivity index (χ1v) is 11.7. The van der Waals surface area contributed by atoms with Crippen molar-refractivity contribution in [3.05, 3.63) is 71.3 Å². The highest BCUT2D eigenvalue weighted by Gasteiger charge is 2.82. The van der Waals surface area contributed by atoms with Gasteiger partial charge in [0.2, 0.25) is 0 Å². The zero-order valence-electron chi connectivity index (χ0n) is 21.3. The third-order valence-corrected chi connectivity index (χ3v) is 8.03. The fraction of sp³-hybridized carbons (Fsp3) is 0.429. The number of cyclic esters (lactones) is 1. The van der Waals surface area contributed by atoms with E-state index in [1.807, 2.05) is 0 Å². The molecule has 0 unspecified atom stereocenters. The number of ether oxygens (including phenoxy) is 1. The minimum Gasteiger partial charge on any atom is -0.508 e. The van der Waals surface area contributed by atoms with Crippen molar-refractivity contribution in [1.82, 2.24) is 0 Å². The van der Waals surface area contributed by atoms with Crippen LogP contribution in [0.15, 0.2) is 71.3 Å². The Hall–Kier alpha value is -3.52. The molecule has 8 nitrogen and oxygen atoms in total. The van der Waals surface area contributed by atoms with Gasteiger partial charge in [-0.05, 0) is 60.1 Å². The maximum atomic E-state index is 14.1. The van der Waals surface area contributed by atoms with Gasteiger partial charge in [0.15, 0.2) is 23.0 Å². The molecule has 2 bridgehead atoms. The predicted molar refractivity (Wildman–Crippen MR) is 132 cm³/mol. The van der Waals surface area contributed by atoms with Crippen molar-refractivity contribution in [2.75, 3.05) is 0 Å². The largest absolute Gasteiger partial charge is 0.508 e. The van der Waals surface area contributed by atoms with E-state index in [4.69, 9.17) is 4.74 Å². The van der Waals surface area contributed by atoms with Gasteiger partial charge in [-0.1, -0.05) is 36.5 Å². The maximum Gasteiger partial charge on any atom is 0.338 e. The van der Waals surface area contributed by atoms with Gasteiger partial charge in [-0.3, -0.25) is 14.4 Å². The van der Waals surface area contributed by atoms with Crippen molar-refractivity contribution >= 4 is 23.3 Å². The minimum atomic E-state index is -2.30. The third-order valence-electron chi connectivity index (χ3n) is 8.03. The second-order valence-electron chi connectivity index (χ2n) is 9.92. The van der Waals surface area contributed by atoms with Gasteiger partial charge >= 0.3 is 5.97 Å². The van der Waals surface area contributed by atoms with Gasteiger partial charge < -0.3 is 20.1 Å². The van der Waals surface area contributed by atoms with Crippen LogP contribution in [-0.2, 0) is 23.9 Å². The number of aliphatic hydroxyl groups is 3. The van der Waals surface area contributed by atoms with Crippen molar-refractivity contribution in [3.8, 4) is 0 Å². The quantitative estimate of drug-likeness (QED) is 0.166. The molecule has 0 amide bonds. The molecule has 0 aromatic heterocycles. The Labute approximate surface area is 210 Å². The van der Waals surface area contributed by atoms with E-state index in [0.717, 1.165) is 6.08 Å². The number of hydrogen-bond acceptors (Lipinski definition) is 8. The van der Waals surface area contributed by atoms with Gasteiger partial charge in [-0.2, -0.15) is 0 Å². The average Bonchev–Trinajstić information content (AvgIpc) is 3.02. The highest BCUT2D eigenvalue weighted by Crippen LogP contribution is 2.68. The van der Waals surface area contributed by atoms with Crippen LogP contribution in [0.5, 0.6) is 0 Å². The molecule has 5 atom stereocenters. The smallest absolute Gasteiger partial charge is 0.338 e. The van der Waals surface area contributed by atoms with Crippen molar-refractivity contribution in [1.29, 1.82) is 0 Å². The van der Waals surface area contributed by atoms with Crippen LogP contribution in [0.3, 0.4) is 0 Å². The summed E-state index contributed by atoms with van der Waals surface area (Å²) < 4.78 is 5.58. The Morgan fingerprint density at radius 1 is 1.00 bits per heavy atom. The van der Waals surface area contributed by atoms with E-state index in [1.54, 1.807) is 38.2 Å². The number of allylic oxidation sites excluding steroid dienone is 8. The molecule has 4 aliphatic rings. The lowest BCUT2D eigenvalue weighted by atomic mass is 9.37. The Balaban J connectivity index is 2.42. The molecule has 4 rings (SSSR count). The summed E-state index contributed by atoms with van der Waals surface area (Å²) in [6.45, 7) is 8.57. The highest BCUT2D eigenvalue weighted by atomic mass is 16.6. The molecular weight excluding hydrogens is 464 g/mol. The lowest BCUT2D eigenvalue weighted by Gasteiger charge is -2.63. The molecule has 3 saturated carbocycles. The van der Waals surface area contributed by atoms with Gasteiger partial charge in [0.25, 0.3) is 0 Å². The molecule has 0 radical (unpaired) electrons. The zero-order valence-corrected chi connectivity index (χ0v) is 21.3. The molecule has 3 N–H and O–H groups in total.